The summed E-state index contributed by atoms with van der Waals surface area (Å²) in [6, 6.07) is 15.8. The summed E-state index contributed by atoms with van der Waals surface area (Å²) < 4.78 is 0. The molecule has 0 saturated carbocycles. The molecule has 34 heavy (non-hydrogen) atoms. The van der Waals surface area contributed by atoms with Crippen LogP contribution in [0.3, 0.4) is 0 Å². The van der Waals surface area contributed by atoms with Crippen LogP contribution in [0.4, 0.5) is 5.82 Å². The largest absolute Gasteiger partial charge is 0.481 e. The van der Waals surface area contributed by atoms with E-state index in [1.165, 1.54) is 0 Å². The van der Waals surface area contributed by atoms with Gasteiger partial charge in [0.05, 0.1) is 19.0 Å². The van der Waals surface area contributed by atoms with Gasteiger partial charge in [-0.1, -0.05) is 36.4 Å². The van der Waals surface area contributed by atoms with E-state index >= 15 is 0 Å². The molecule has 2 heterocycles. The van der Waals surface area contributed by atoms with Crippen LogP contribution < -0.4 is 16.0 Å². The lowest BCUT2D eigenvalue weighted by atomic mass is 9.99. The molecule has 0 fully saturated rings. The molecular weight excluding hydrogens is 434 g/mol. The van der Waals surface area contributed by atoms with Crippen LogP contribution in [0, 0.1) is 0 Å². The first-order chi connectivity index (χ1) is 16.5. The molecule has 0 aliphatic carbocycles. The lowest BCUT2D eigenvalue weighted by Crippen LogP contribution is -2.39. The minimum atomic E-state index is -1.04. The Labute approximate surface area is 197 Å². The van der Waals surface area contributed by atoms with E-state index in [9.17, 15) is 19.5 Å². The van der Waals surface area contributed by atoms with Gasteiger partial charge in [0.15, 0.2) is 0 Å². The maximum Gasteiger partial charge on any atom is 0.305 e. The number of carboxylic acids is 1. The number of carboxylic acid groups (broad SMARTS) is 1. The lowest BCUT2D eigenvalue weighted by Gasteiger charge is -2.18. The molecule has 2 aromatic heterocycles. The molecule has 9 nitrogen and oxygen atoms in total. The van der Waals surface area contributed by atoms with Crippen molar-refractivity contribution in [3.05, 3.63) is 78.8 Å². The Morgan fingerprint density at radius 1 is 0.912 bits per heavy atom. The molecule has 176 valence electrons. The highest BCUT2D eigenvalue weighted by molar-refractivity contribution is 5.85. The molecule has 3 rings (SSSR count). The predicted molar refractivity (Wildman–Crippen MR) is 128 cm³/mol. The molecular formula is C25H27N5O4. The summed E-state index contributed by atoms with van der Waals surface area (Å²) in [6.45, 7) is 0.350. The summed E-state index contributed by atoms with van der Waals surface area (Å²) in [5.74, 6) is -1.01. The van der Waals surface area contributed by atoms with E-state index in [1.807, 2.05) is 42.5 Å². The molecule has 1 aromatic carbocycles. The van der Waals surface area contributed by atoms with Crippen LogP contribution in [-0.2, 0) is 14.4 Å². The van der Waals surface area contributed by atoms with Crippen molar-refractivity contribution in [3.63, 3.8) is 0 Å². The van der Waals surface area contributed by atoms with E-state index < -0.39 is 17.9 Å². The van der Waals surface area contributed by atoms with E-state index in [2.05, 4.69) is 25.9 Å². The highest BCUT2D eigenvalue weighted by Gasteiger charge is 2.18. The van der Waals surface area contributed by atoms with Crippen molar-refractivity contribution in [1.29, 1.82) is 0 Å². The van der Waals surface area contributed by atoms with E-state index in [0.717, 1.165) is 16.9 Å². The van der Waals surface area contributed by atoms with Crippen LogP contribution >= 0.6 is 0 Å². The van der Waals surface area contributed by atoms with E-state index in [4.69, 9.17) is 0 Å². The Bertz CT molecular complexity index is 1080. The number of benzene rings is 1. The molecule has 9 heteroatoms. The van der Waals surface area contributed by atoms with Gasteiger partial charge in [-0.25, -0.2) is 4.98 Å². The molecule has 0 bridgehead atoms. The molecule has 1 atom stereocenters. The Morgan fingerprint density at radius 2 is 1.74 bits per heavy atom. The number of carbonyl (C=O) groups is 3. The maximum absolute atomic E-state index is 12.4. The van der Waals surface area contributed by atoms with Crippen LogP contribution in [0.5, 0.6) is 0 Å². The van der Waals surface area contributed by atoms with E-state index in [-0.39, 0.29) is 25.3 Å². The van der Waals surface area contributed by atoms with Crippen molar-refractivity contribution < 1.29 is 19.5 Å². The van der Waals surface area contributed by atoms with Crippen molar-refractivity contribution in [2.24, 2.45) is 0 Å². The number of pyridine rings is 2. The van der Waals surface area contributed by atoms with Crippen molar-refractivity contribution in [1.82, 2.24) is 20.6 Å². The summed E-state index contributed by atoms with van der Waals surface area (Å²) in [6.07, 6.45) is 5.67. The first-order valence-corrected chi connectivity index (χ1v) is 10.9. The van der Waals surface area contributed by atoms with Crippen molar-refractivity contribution in [2.75, 3.05) is 18.4 Å². The standard InChI is InChI=1S/C25H27N5O4/c31-23(7-4-14-28-22-6-1-2-13-27-22)29-17-24(32)30-21(15-25(33)34)19-10-8-18(9-11-19)20-5-3-12-26-16-20/h1-3,5-6,8-13,16,21H,4,7,14-15,17H2,(H,27,28)(H,29,31)(H,30,32)(H,33,34). The third-order valence-electron chi connectivity index (χ3n) is 5.02. The second-order valence-corrected chi connectivity index (χ2v) is 7.60. The Hall–Kier alpha value is -4.27. The number of hydrogen-bond acceptors (Lipinski definition) is 6. The number of amides is 2. The minimum absolute atomic E-state index is 0.226. The van der Waals surface area contributed by atoms with Crippen LogP contribution in [0.15, 0.2) is 73.2 Å². The zero-order valence-electron chi connectivity index (χ0n) is 18.6. The second kappa shape index (κ2) is 12.7. The fourth-order valence-corrected chi connectivity index (χ4v) is 3.31. The van der Waals surface area contributed by atoms with Gasteiger partial charge < -0.3 is 21.1 Å². The number of nitrogens with zero attached hydrogens (tertiary/aromatic N) is 2. The van der Waals surface area contributed by atoms with Crippen LogP contribution in [0.1, 0.15) is 30.9 Å². The van der Waals surface area contributed by atoms with Gasteiger partial charge in [0.1, 0.15) is 5.82 Å². The molecule has 4 N–H and O–H groups in total. The number of carbonyl (C=O) groups excluding carboxylic acids is 2. The number of nitrogens with one attached hydrogen (secondary N) is 3. The van der Waals surface area contributed by atoms with Gasteiger partial charge in [0.25, 0.3) is 0 Å². The fourth-order valence-electron chi connectivity index (χ4n) is 3.31. The molecule has 0 saturated heterocycles. The lowest BCUT2D eigenvalue weighted by molar-refractivity contribution is -0.138. The third-order valence-corrected chi connectivity index (χ3v) is 5.02. The summed E-state index contributed by atoms with van der Waals surface area (Å²) in [4.78, 5) is 44.0. The number of aliphatic carboxylic acids is 1. The Morgan fingerprint density at radius 3 is 2.41 bits per heavy atom. The van der Waals surface area contributed by atoms with Gasteiger partial charge in [-0.05, 0) is 41.3 Å². The monoisotopic (exact) mass is 461 g/mol. The van der Waals surface area contributed by atoms with Gasteiger partial charge in [-0.15, -0.1) is 0 Å². The van der Waals surface area contributed by atoms with Gasteiger partial charge >= 0.3 is 5.97 Å². The van der Waals surface area contributed by atoms with E-state index in [0.29, 0.717) is 18.5 Å². The average molecular weight is 462 g/mol. The summed E-state index contributed by atoms with van der Waals surface area (Å²) in [5.41, 5.74) is 2.53. The molecule has 0 aliphatic heterocycles. The van der Waals surface area contributed by atoms with E-state index in [1.54, 1.807) is 30.7 Å². The normalized spacial score (nSPS) is 11.3. The molecule has 3 aromatic rings. The number of aromatic nitrogens is 2. The van der Waals surface area contributed by atoms with Crippen molar-refractivity contribution in [3.8, 4) is 11.1 Å². The maximum atomic E-state index is 12.4. The third kappa shape index (κ3) is 8.01. The first-order valence-electron chi connectivity index (χ1n) is 10.9. The SMILES string of the molecule is O=C(O)CC(NC(=O)CNC(=O)CCCNc1ccccn1)c1ccc(-c2cccnc2)cc1. The highest BCUT2D eigenvalue weighted by atomic mass is 16.4. The second-order valence-electron chi connectivity index (χ2n) is 7.60. The zero-order chi connectivity index (χ0) is 24.2. The first kappa shape index (κ1) is 24.4. The molecule has 0 spiro atoms. The number of anilines is 1. The number of hydrogen-bond donors (Lipinski definition) is 4. The van der Waals surface area contributed by atoms with Crippen LogP contribution in [0.2, 0.25) is 0 Å². The average Bonchev–Trinajstić information content (AvgIpc) is 2.86. The predicted octanol–water partition coefficient (Wildman–Crippen LogP) is 2.78. The van der Waals surface area contributed by atoms with Gasteiger partial charge in [0, 0.05) is 31.6 Å². The van der Waals surface area contributed by atoms with Crippen LogP contribution in [0.25, 0.3) is 11.1 Å². The topological polar surface area (TPSA) is 133 Å². The summed E-state index contributed by atoms with van der Waals surface area (Å²) >= 11 is 0. The quantitative estimate of drug-likeness (QED) is 0.305. The molecule has 2 amide bonds. The van der Waals surface area contributed by atoms with Gasteiger partial charge in [0.2, 0.25) is 11.8 Å². The minimum Gasteiger partial charge on any atom is -0.481 e. The van der Waals surface area contributed by atoms with Crippen molar-refractivity contribution >= 4 is 23.6 Å². The Kier molecular flexibility index (Phi) is 9.09. The van der Waals surface area contributed by atoms with Gasteiger partial charge in [-0.3, -0.25) is 19.4 Å². The smallest absolute Gasteiger partial charge is 0.305 e. The highest BCUT2D eigenvalue weighted by Crippen LogP contribution is 2.23. The fraction of sp³-hybridized carbons (Fsp3) is 0.240. The van der Waals surface area contributed by atoms with Crippen LogP contribution in [-0.4, -0.2) is 45.9 Å². The molecule has 0 radical (unpaired) electrons. The van der Waals surface area contributed by atoms with Crippen molar-refractivity contribution in [2.45, 2.75) is 25.3 Å². The molecule has 1 unspecified atom stereocenters. The van der Waals surface area contributed by atoms with Gasteiger partial charge in [-0.2, -0.15) is 0 Å². The summed E-state index contributed by atoms with van der Waals surface area (Å²) in [7, 11) is 0. The number of rotatable bonds is 12. The Balaban J connectivity index is 1.46. The molecule has 0 aliphatic rings. The zero-order valence-corrected chi connectivity index (χ0v) is 18.6. The summed E-state index contributed by atoms with van der Waals surface area (Å²) in [5, 5.41) is 17.7.